The summed E-state index contributed by atoms with van der Waals surface area (Å²) >= 11 is 0. The second-order valence-electron chi connectivity index (χ2n) is 4.75. The van der Waals surface area contributed by atoms with Gasteiger partial charge in [0.2, 0.25) is 0 Å². The van der Waals surface area contributed by atoms with Crippen molar-refractivity contribution in [3.05, 3.63) is 53.0 Å². The molecule has 102 valence electrons. The van der Waals surface area contributed by atoms with Gasteiger partial charge in [0.15, 0.2) is 0 Å². The second-order valence-corrected chi connectivity index (χ2v) is 4.75. The van der Waals surface area contributed by atoms with Crippen LogP contribution < -0.4 is 10.1 Å². The molecule has 1 N–H and O–H groups in total. The zero-order chi connectivity index (χ0) is 13.7. The topological polar surface area (TPSA) is 34.4 Å². The fourth-order valence-electron chi connectivity index (χ4n) is 2.12. The van der Waals surface area contributed by atoms with Gasteiger partial charge in [0.1, 0.15) is 17.3 Å². The number of rotatable bonds is 6. The van der Waals surface area contributed by atoms with Crippen LogP contribution in [-0.4, -0.2) is 13.7 Å². The molecule has 0 atom stereocenters. The Morgan fingerprint density at radius 1 is 1.16 bits per heavy atom. The van der Waals surface area contributed by atoms with Crippen LogP contribution in [0, 0.1) is 13.8 Å². The summed E-state index contributed by atoms with van der Waals surface area (Å²) in [7, 11) is 1.72. The molecular formula is C16H21NO2. The summed E-state index contributed by atoms with van der Waals surface area (Å²) in [6.45, 7) is 5.73. The highest BCUT2D eigenvalue weighted by molar-refractivity contribution is 5.37. The third kappa shape index (κ3) is 3.86. The van der Waals surface area contributed by atoms with Gasteiger partial charge in [-0.05, 0) is 50.6 Å². The van der Waals surface area contributed by atoms with E-state index < -0.39 is 0 Å². The first-order chi connectivity index (χ1) is 9.19. The summed E-state index contributed by atoms with van der Waals surface area (Å²) in [6, 6.07) is 10.3. The Balaban J connectivity index is 1.83. The quantitative estimate of drug-likeness (QED) is 0.809. The minimum Gasteiger partial charge on any atom is -0.496 e. The van der Waals surface area contributed by atoms with Crippen molar-refractivity contribution in [1.29, 1.82) is 0 Å². The maximum Gasteiger partial charge on any atom is 0.122 e. The Labute approximate surface area is 114 Å². The number of nitrogens with one attached hydrogen (secondary N) is 1. The molecule has 0 aliphatic rings. The van der Waals surface area contributed by atoms with Crippen LogP contribution in [0.15, 0.2) is 34.7 Å². The van der Waals surface area contributed by atoms with E-state index >= 15 is 0 Å². The van der Waals surface area contributed by atoms with E-state index in [-0.39, 0.29) is 0 Å². The third-order valence-electron chi connectivity index (χ3n) is 3.10. The summed E-state index contributed by atoms with van der Waals surface area (Å²) < 4.78 is 10.9. The van der Waals surface area contributed by atoms with Gasteiger partial charge in [0, 0.05) is 0 Å². The van der Waals surface area contributed by atoms with Crippen LogP contribution in [0.1, 0.15) is 22.6 Å². The molecule has 0 amide bonds. The molecule has 0 saturated carbocycles. The van der Waals surface area contributed by atoms with Crippen molar-refractivity contribution in [1.82, 2.24) is 5.32 Å². The summed E-state index contributed by atoms with van der Waals surface area (Å²) in [5.41, 5.74) is 2.50. The first-order valence-corrected chi connectivity index (χ1v) is 6.58. The second kappa shape index (κ2) is 6.43. The molecule has 0 aliphatic carbocycles. The molecule has 3 nitrogen and oxygen atoms in total. The van der Waals surface area contributed by atoms with E-state index in [9.17, 15) is 0 Å². The Bertz CT molecular complexity index is 531. The number of hydrogen-bond acceptors (Lipinski definition) is 3. The number of hydrogen-bond donors (Lipinski definition) is 1. The predicted octanol–water partition coefficient (Wildman–Crippen LogP) is 3.24. The highest BCUT2D eigenvalue weighted by atomic mass is 16.5. The average Bonchev–Trinajstić information content (AvgIpc) is 2.81. The van der Waals surface area contributed by atoms with Gasteiger partial charge in [-0.1, -0.05) is 17.7 Å². The van der Waals surface area contributed by atoms with Crippen molar-refractivity contribution in [2.75, 3.05) is 13.7 Å². The lowest BCUT2D eigenvalue weighted by Gasteiger charge is -2.09. The van der Waals surface area contributed by atoms with E-state index in [1.165, 1.54) is 11.1 Å². The number of furan rings is 1. The fourth-order valence-corrected chi connectivity index (χ4v) is 2.12. The first-order valence-electron chi connectivity index (χ1n) is 6.58. The molecule has 0 fully saturated rings. The lowest BCUT2D eigenvalue weighted by Crippen LogP contribution is -2.16. The standard InChI is InChI=1S/C16H21NO2/c1-12-4-7-16(18-3)14(10-12)8-9-17-11-15-6-5-13(2)19-15/h4-7,10,17H,8-9,11H2,1-3H3. The van der Waals surface area contributed by atoms with Crippen molar-refractivity contribution in [2.24, 2.45) is 0 Å². The molecule has 1 heterocycles. The normalized spacial score (nSPS) is 10.7. The van der Waals surface area contributed by atoms with Crippen molar-refractivity contribution < 1.29 is 9.15 Å². The number of methoxy groups -OCH3 is 1. The van der Waals surface area contributed by atoms with Gasteiger partial charge in [-0.25, -0.2) is 0 Å². The molecule has 0 unspecified atom stereocenters. The summed E-state index contributed by atoms with van der Waals surface area (Å²) in [4.78, 5) is 0. The van der Waals surface area contributed by atoms with Gasteiger partial charge in [-0.15, -0.1) is 0 Å². The summed E-state index contributed by atoms with van der Waals surface area (Å²) in [6.07, 6.45) is 0.949. The maximum absolute atomic E-state index is 5.51. The van der Waals surface area contributed by atoms with Crippen LogP contribution in [0.4, 0.5) is 0 Å². The van der Waals surface area contributed by atoms with E-state index in [0.29, 0.717) is 0 Å². The lowest BCUT2D eigenvalue weighted by molar-refractivity contribution is 0.408. The van der Waals surface area contributed by atoms with Crippen LogP contribution in [0.3, 0.4) is 0 Å². The molecule has 3 heteroatoms. The molecule has 0 saturated heterocycles. The fraction of sp³-hybridized carbons (Fsp3) is 0.375. The van der Waals surface area contributed by atoms with Gasteiger partial charge < -0.3 is 14.5 Å². The lowest BCUT2D eigenvalue weighted by atomic mass is 10.1. The Morgan fingerprint density at radius 2 is 2.00 bits per heavy atom. The molecule has 0 aliphatic heterocycles. The Morgan fingerprint density at radius 3 is 2.68 bits per heavy atom. The molecule has 1 aromatic carbocycles. The van der Waals surface area contributed by atoms with E-state index in [2.05, 4.69) is 24.4 Å². The minimum absolute atomic E-state index is 0.766. The van der Waals surface area contributed by atoms with Gasteiger partial charge >= 0.3 is 0 Å². The molecule has 0 bridgehead atoms. The van der Waals surface area contributed by atoms with Gasteiger partial charge in [0.05, 0.1) is 13.7 Å². The summed E-state index contributed by atoms with van der Waals surface area (Å²) in [5.74, 6) is 2.90. The maximum atomic E-state index is 5.51. The number of benzene rings is 1. The largest absolute Gasteiger partial charge is 0.496 e. The van der Waals surface area contributed by atoms with Gasteiger partial charge in [0.25, 0.3) is 0 Å². The van der Waals surface area contributed by atoms with Gasteiger partial charge in [-0.3, -0.25) is 0 Å². The highest BCUT2D eigenvalue weighted by Crippen LogP contribution is 2.19. The van der Waals surface area contributed by atoms with E-state index in [1.54, 1.807) is 7.11 Å². The number of ether oxygens (including phenoxy) is 1. The van der Waals surface area contributed by atoms with Crippen molar-refractivity contribution in [3.8, 4) is 5.75 Å². The average molecular weight is 259 g/mol. The van der Waals surface area contributed by atoms with Crippen LogP contribution >= 0.6 is 0 Å². The number of aryl methyl sites for hydroxylation is 2. The van der Waals surface area contributed by atoms with E-state index in [1.807, 2.05) is 25.1 Å². The molecule has 0 spiro atoms. The van der Waals surface area contributed by atoms with Gasteiger partial charge in [-0.2, -0.15) is 0 Å². The van der Waals surface area contributed by atoms with Crippen LogP contribution in [-0.2, 0) is 13.0 Å². The van der Waals surface area contributed by atoms with E-state index in [4.69, 9.17) is 9.15 Å². The van der Waals surface area contributed by atoms with Crippen molar-refractivity contribution in [2.45, 2.75) is 26.8 Å². The Kier molecular flexibility index (Phi) is 4.63. The molecule has 0 radical (unpaired) electrons. The molecule has 1 aromatic heterocycles. The zero-order valence-electron chi connectivity index (χ0n) is 11.8. The molecule has 2 rings (SSSR count). The van der Waals surface area contributed by atoms with Crippen LogP contribution in [0.2, 0.25) is 0 Å². The zero-order valence-corrected chi connectivity index (χ0v) is 11.8. The molecule has 2 aromatic rings. The molecule has 19 heavy (non-hydrogen) atoms. The molecular weight excluding hydrogens is 238 g/mol. The third-order valence-corrected chi connectivity index (χ3v) is 3.10. The van der Waals surface area contributed by atoms with Crippen molar-refractivity contribution in [3.63, 3.8) is 0 Å². The highest BCUT2D eigenvalue weighted by Gasteiger charge is 2.03. The smallest absolute Gasteiger partial charge is 0.122 e. The van der Waals surface area contributed by atoms with Crippen LogP contribution in [0.5, 0.6) is 5.75 Å². The van der Waals surface area contributed by atoms with E-state index in [0.717, 1.165) is 36.8 Å². The Hall–Kier alpha value is -1.74. The SMILES string of the molecule is COc1ccc(C)cc1CCNCc1ccc(C)o1. The van der Waals surface area contributed by atoms with Crippen LogP contribution in [0.25, 0.3) is 0 Å². The minimum atomic E-state index is 0.766. The summed E-state index contributed by atoms with van der Waals surface area (Å²) in [5, 5.41) is 3.38. The van der Waals surface area contributed by atoms with Crippen molar-refractivity contribution >= 4 is 0 Å². The monoisotopic (exact) mass is 259 g/mol. The predicted molar refractivity (Wildman–Crippen MR) is 76.6 cm³/mol. The first kappa shape index (κ1) is 13.7.